The first kappa shape index (κ1) is 33.7. The summed E-state index contributed by atoms with van der Waals surface area (Å²) in [4.78, 5) is 59.9. The van der Waals surface area contributed by atoms with E-state index in [0.717, 1.165) is 74.6 Å². The van der Waals surface area contributed by atoms with Crippen molar-refractivity contribution in [3.05, 3.63) is 138 Å². The molecular weight excluding hydrogens is 640 g/mol. The van der Waals surface area contributed by atoms with Gasteiger partial charge in [0.1, 0.15) is 0 Å². The number of piperazine rings is 1. The van der Waals surface area contributed by atoms with Crippen molar-refractivity contribution < 1.29 is 14.4 Å². The molecule has 1 N–H and O–H groups in total. The zero-order chi connectivity index (χ0) is 35.2. The van der Waals surface area contributed by atoms with E-state index in [1.165, 1.54) is 4.90 Å². The van der Waals surface area contributed by atoms with Crippen LogP contribution in [0.5, 0.6) is 0 Å². The van der Waals surface area contributed by atoms with Gasteiger partial charge >= 0.3 is 0 Å². The standard InChI is InChI=1S/C40H40N8O3/c1-29-11-16-32(26-36(29)48(33-8-6-17-41-27-33)40-42-18-7-19-43-40)44-37(49)31-14-12-30(13-15-31)28-46-24-22-45(23-25-46)20-4-5-21-47-38(50)34-9-2-3-10-35(34)39(47)51/h2-3,6-19,26-27H,4-5,20-25,28H2,1H3,(H,44,49). The highest BCUT2D eigenvalue weighted by molar-refractivity contribution is 6.21. The fraction of sp³-hybridized carbons (Fsp3) is 0.250. The third-order valence-electron chi connectivity index (χ3n) is 9.44. The molecule has 0 bridgehead atoms. The van der Waals surface area contributed by atoms with Gasteiger partial charge in [0.2, 0.25) is 5.95 Å². The molecule has 3 amide bonds. The van der Waals surface area contributed by atoms with E-state index in [1.807, 2.05) is 66.4 Å². The molecule has 2 aliphatic rings. The van der Waals surface area contributed by atoms with E-state index in [2.05, 4.69) is 30.1 Å². The maximum Gasteiger partial charge on any atom is 0.261 e. The number of carbonyl (C=O) groups is 3. The lowest BCUT2D eigenvalue weighted by Gasteiger charge is -2.34. The van der Waals surface area contributed by atoms with Crippen LogP contribution in [0.2, 0.25) is 0 Å². The van der Waals surface area contributed by atoms with Crippen LogP contribution in [0.25, 0.3) is 0 Å². The van der Waals surface area contributed by atoms with Gasteiger partial charge in [0.15, 0.2) is 0 Å². The van der Waals surface area contributed by atoms with Gasteiger partial charge in [0.05, 0.1) is 28.7 Å². The molecule has 258 valence electrons. The summed E-state index contributed by atoms with van der Waals surface area (Å²) < 4.78 is 0. The number of amides is 3. The van der Waals surface area contributed by atoms with Gasteiger partial charge in [0.25, 0.3) is 17.7 Å². The van der Waals surface area contributed by atoms with Crippen LogP contribution in [0.1, 0.15) is 55.0 Å². The van der Waals surface area contributed by atoms with Gasteiger partial charge in [0, 0.05) is 69.1 Å². The summed E-state index contributed by atoms with van der Waals surface area (Å²) in [6.45, 7) is 8.10. The van der Waals surface area contributed by atoms with Crippen molar-refractivity contribution in [2.24, 2.45) is 0 Å². The molecular formula is C40H40N8O3. The summed E-state index contributed by atoms with van der Waals surface area (Å²) in [5.74, 6) is -0.0351. The average Bonchev–Trinajstić information content (AvgIpc) is 3.41. The second kappa shape index (κ2) is 15.4. The van der Waals surface area contributed by atoms with Crippen LogP contribution in [-0.2, 0) is 6.54 Å². The number of carbonyl (C=O) groups excluding carboxylic acids is 3. The second-order valence-corrected chi connectivity index (χ2v) is 12.9. The predicted octanol–water partition coefficient (Wildman–Crippen LogP) is 6.10. The van der Waals surface area contributed by atoms with Gasteiger partial charge in [-0.2, -0.15) is 0 Å². The van der Waals surface area contributed by atoms with Crippen LogP contribution >= 0.6 is 0 Å². The number of benzene rings is 3. The molecule has 0 saturated carbocycles. The number of hydrogen-bond acceptors (Lipinski definition) is 9. The van der Waals surface area contributed by atoms with Crippen molar-refractivity contribution in [2.45, 2.75) is 26.3 Å². The topological polar surface area (TPSA) is 115 Å². The molecule has 1 fully saturated rings. The zero-order valence-electron chi connectivity index (χ0n) is 28.6. The third kappa shape index (κ3) is 7.69. The Hall–Kier alpha value is -5.78. The first-order valence-corrected chi connectivity index (χ1v) is 17.3. The van der Waals surface area contributed by atoms with Crippen LogP contribution in [0.3, 0.4) is 0 Å². The fourth-order valence-corrected chi connectivity index (χ4v) is 6.62. The van der Waals surface area contributed by atoms with E-state index in [0.29, 0.717) is 34.9 Å². The van der Waals surface area contributed by atoms with Crippen LogP contribution in [0.4, 0.5) is 23.0 Å². The van der Waals surface area contributed by atoms with Gasteiger partial charge in [-0.05, 0) is 92.0 Å². The summed E-state index contributed by atoms with van der Waals surface area (Å²) in [5.41, 5.74) is 6.07. The maximum atomic E-state index is 13.3. The quantitative estimate of drug-likeness (QED) is 0.123. The van der Waals surface area contributed by atoms with Crippen molar-refractivity contribution in [1.29, 1.82) is 0 Å². The summed E-state index contributed by atoms with van der Waals surface area (Å²) in [5, 5.41) is 3.06. The fourth-order valence-electron chi connectivity index (χ4n) is 6.62. The highest BCUT2D eigenvalue weighted by Crippen LogP contribution is 2.35. The number of aryl methyl sites for hydroxylation is 1. The van der Waals surface area contributed by atoms with Gasteiger partial charge in [-0.15, -0.1) is 0 Å². The molecule has 1 saturated heterocycles. The largest absolute Gasteiger partial charge is 0.322 e. The molecule has 7 rings (SSSR count). The number of nitrogens with zero attached hydrogens (tertiary/aromatic N) is 7. The zero-order valence-corrected chi connectivity index (χ0v) is 28.6. The number of pyridine rings is 1. The molecule has 0 unspecified atom stereocenters. The van der Waals surface area contributed by atoms with Crippen LogP contribution in [0, 0.1) is 6.92 Å². The minimum Gasteiger partial charge on any atom is -0.322 e. The molecule has 2 aromatic heterocycles. The minimum absolute atomic E-state index is 0.179. The molecule has 0 radical (unpaired) electrons. The smallest absolute Gasteiger partial charge is 0.261 e. The Morgan fingerprint density at radius 1 is 0.765 bits per heavy atom. The highest BCUT2D eigenvalue weighted by Gasteiger charge is 2.34. The summed E-state index contributed by atoms with van der Waals surface area (Å²) in [6, 6.07) is 26.2. The number of anilines is 4. The number of aromatic nitrogens is 3. The van der Waals surface area contributed by atoms with E-state index in [4.69, 9.17) is 0 Å². The Kier molecular flexibility index (Phi) is 10.2. The van der Waals surface area contributed by atoms with Crippen molar-refractivity contribution in [3.8, 4) is 0 Å². The molecule has 0 atom stereocenters. The average molecular weight is 681 g/mol. The SMILES string of the molecule is Cc1ccc(NC(=O)c2ccc(CN3CCN(CCCCN4C(=O)c5ccccc5C4=O)CC3)cc2)cc1N(c1cccnc1)c1ncccn1. The van der Waals surface area contributed by atoms with E-state index in [9.17, 15) is 14.4 Å². The Bertz CT molecular complexity index is 1920. The first-order valence-electron chi connectivity index (χ1n) is 17.3. The third-order valence-corrected chi connectivity index (χ3v) is 9.44. The minimum atomic E-state index is -0.183. The van der Waals surface area contributed by atoms with Gasteiger partial charge < -0.3 is 10.2 Å². The molecule has 0 aliphatic carbocycles. The number of fused-ring (bicyclic) bond motifs is 1. The maximum absolute atomic E-state index is 13.3. The van der Waals surface area contributed by atoms with Crippen molar-refractivity contribution >= 4 is 40.7 Å². The number of hydrogen-bond donors (Lipinski definition) is 1. The Morgan fingerprint density at radius 3 is 2.14 bits per heavy atom. The molecule has 11 nitrogen and oxygen atoms in total. The predicted molar refractivity (Wildman–Crippen MR) is 196 cm³/mol. The van der Waals surface area contributed by atoms with E-state index in [-0.39, 0.29) is 17.7 Å². The van der Waals surface area contributed by atoms with Crippen LogP contribution < -0.4 is 10.2 Å². The van der Waals surface area contributed by atoms with E-state index in [1.54, 1.807) is 55.1 Å². The molecule has 4 heterocycles. The van der Waals surface area contributed by atoms with Gasteiger partial charge in [-0.1, -0.05) is 30.3 Å². The summed E-state index contributed by atoms with van der Waals surface area (Å²) in [7, 11) is 0. The molecule has 51 heavy (non-hydrogen) atoms. The van der Waals surface area contributed by atoms with Gasteiger partial charge in [-0.25, -0.2) is 9.97 Å². The van der Waals surface area contributed by atoms with Gasteiger partial charge in [-0.3, -0.25) is 34.1 Å². The number of unbranched alkanes of at least 4 members (excludes halogenated alkanes) is 1. The Labute approximate surface area is 297 Å². The Morgan fingerprint density at radius 2 is 1.45 bits per heavy atom. The second-order valence-electron chi connectivity index (χ2n) is 12.9. The number of imide groups is 1. The Balaban J connectivity index is 0.886. The van der Waals surface area contributed by atoms with Crippen molar-refractivity contribution in [3.63, 3.8) is 0 Å². The number of nitrogens with one attached hydrogen (secondary N) is 1. The van der Waals surface area contributed by atoms with Crippen molar-refractivity contribution in [2.75, 3.05) is 49.5 Å². The molecule has 2 aliphatic heterocycles. The monoisotopic (exact) mass is 680 g/mol. The lowest BCUT2D eigenvalue weighted by molar-refractivity contribution is 0.0648. The normalized spacial score (nSPS) is 14.8. The van der Waals surface area contributed by atoms with Crippen LogP contribution in [-0.4, -0.2) is 86.6 Å². The number of rotatable bonds is 12. The summed E-state index contributed by atoms with van der Waals surface area (Å²) in [6.07, 6.45) is 8.61. The molecule has 0 spiro atoms. The van der Waals surface area contributed by atoms with E-state index < -0.39 is 0 Å². The summed E-state index contributed by atoms with van der Waals surface area (Å²) >= 11 is 0. The van der Waals surface area contributed by atoms with E-state index >= 15 is 0 Å². The lowest BCUT2D eigenvalue weighted by atomic mass is 10.1. The van der Waals surface area contributed by atoms with Crippen LogP contribution in [0.15, 0.2) is 110 Å². The highest BCUT2D eigenvalue weighted by atomic mass is 16.2. The lowest BCUT2D eigenvalue weighted by Crippen LogP contribution is -2.46. The molecule has 3 aromatic carbocycles. The first-order chi connectivity index (χ1) is 24.9. The van der Waals surface area contributed by atoms with Crippen molar-refractivity contribution in [1.82, 2.24) is 29.7 Å². The molecule has 5 aromatic rings. The molecule has 11 heteroatoms.